The zero-order valence-corrected chi connectivity index (χ0v) is 18.7. The van der Waals surface area contributed by atoms with Crippen LogP contribution in [0.15, 0.2) is 6.07 Å². The van der Waals surface area contributed by atoms with Gasteiger partial charge >= 0.3 is 5.97 Å². The SMILES string of the molecule is CCCCCCCC(=O)Nc1c(I)cc(I)c(C(=O)O)c1I. The fourth-order valence-electron chi connectivity index (χ4n) is 1.99. The Kier molecular flexibility index (Phi) is 9.51. The Bertz CT molecular complexity index is 561. The smallest absolute Gasteiger partial charge is 0.337 e. The zero-order valence-electron chi connectivity index (χ0n) is 12.2. The van der Waals surface area contributed by atoms with Crippen LogP contribution in [-0.2, 0) is 4.79 Å². The highest BCUT2D eigenvalue weighted by Gasteiger charge is 2.20. The van der Waals surface area contributed by atoms with E-state index in [9.17, 15) is 14.7 Å². The number of nitrogens with one attached hydrogen (secondary N) is 1. The third kappa shape index (κ3) is 6.10. The van der Waals surface area contributed by atoms with Gasteiger partial charge < -0.3 is 10.4 Å². The first-order valence-corrected chi connectivity index (χ1v) is 10.3. The van der Waals surface area contributed by atoms with E-state index in [1.165, 1.54) is 12.8 Å². The lowest BCUT2D eigenvalue weighted by Gasteiger charge is -2.13. The van der Waals surface area contributed by atoms with E-state index in [2.05, 4.69) is 34.8 Å². The van der Waals surface area contributed by atoms with Crippen LogP contribution in [0.5, 0.6) is 0 Å². The van der Waals surface area contributed by atoms with Crippen molar-refractivity contribution in [2.75, 3.05) is 5.32 Å². The lowest BCUT2D eigenvalue weighted by molar-refractivity contribution is -0.116. The summed E-state index contributed by atoms with van der Waals surface area (Å²) in [6.07, 6.45) is 5.95. The van der Waals surface area contributed by atoms with Gasteiger partial charge in [0.25, 0.3) is 0 Å². The summed E-state index contributed by atoms with van der Waals surface area (Å²) >= 11 is 6.13. The quantitative estimate of drug-likeness (QED) is 0.292. The highest BCUT2D eigenvalue weighted by molar-refractivity contribution is 14.1. The lowest BCUT2D eigenvalue weighted by Crippen LogP contribution is -2.16. The number of rotatable bonds is 8. The Morgan fingerprint density at radius 2 is 1.73 bits per heavy atom. The molecule has 22 heavy (non-hydrogen) atoms. The predicted octanol–water partition coefficient (Wildman–Crippen LogP) is 5.50. The second-order valence-corrected chi connectivity index (χ2v) is 8.32. The number of halogens is 3. The van der Waals surface area contributed by atoms with Gasteiger partial charge in [-0.05, 0) is 80.3 Å². The Morgan fingerprint density at radius 3 is 2.32 bits per heavy atom. The van der Waals surface area contributed by atoms with E-state index in [-0.39, 0.29) is 11.5 Å². The highest BCUT2D eigenvalue weighted by atomic mass is 127. The molecule has 0 saturated heterocycles. The van der Waals surface area contributed by atoms with Gasteiger partial charge in [0.15, 0.2) is 0 Å². The van der Waals surface area contributed by atoms with Crippen LogP contribution in [0.4, 0.5) is 5.69 Å². The van der Waals surface area contributed by atoms with E-state index >= 15 is 0 Å². The molecule has 0 atom stereocenters. The first-order valence-electron chi connectivity index (χ1n) is 7.09. The molecular weight excluding hydrogens is 623 g/mol. The summed E-state index contributed by atoms with van der Waals surface area (Å²) in [5.74, 6) is -1.02. The number of hydrogen-bond donors (Lipinski definition) is 2. The predicted molar refractivity (Wildman–Crippen MR) is 114 cm³/mol. The summed E-state index contributed by atoms with van der Waals surface area (Å²) in [4.78, 5) is 23.4. The largest absolute Gasteiger partial charge is 0.478 e. The van der Waals surface area contributed by atoms with Crippen molar-refractivity contribution < 1.29 is 14.7 Å². The Balaban J connectivity index is 2.75. The second kappa shape index (κ2) is 10.3. The van der Waals surface area contributed by atoms with E-state index < -0.39 is 5.97 Å². The van der Waals surface area contributed by atoms with Crippen LogP contribution in [0.25, 0.3) is 0 Å². The van der Waals surface area contributed by atoms with Gasteiger partial charge in [-0.2, -0.15) is 0 Å². The third-order valence-corrected chi connectivity index (χ3v) is 5.94. The fourth-order valence-corrected chi connectivity index (χ4v) is 6.09. The normalized spacial score (nSPS) is 10.5. The monoisotopic (exact) mass is 641 g/mol. The molecule has 0 aliphatic carbocycles. The number of benzene rings is 1. The molecule has 0 aromatic heterocycles. The molecule has 0 bridgehead atoms. The molecule has 2 N–H and O–H groups in total. The summed E-state index contributed by atoms with van der Waals surface area (Å²) < 4.78 is 2.12. The van der Waals surface area contributed by atoms with Crippen LogP contribution in [0.2, 0.25) is 0 Å². The molecule has 122 valence electrons. The van der Waals surface area contributed by atoms with Crippen molar-refractivity contribution in [3.05, 3.63) is 22.3 Å². The van der Waals surface area contributed by atoms with E-state index in [1.807, 2.05) is 45.2 Å². The zero-order chi connectivity index (χ0) is 16.7. The van der Waals surface area contributed by atoms with Gasteiger partial charge in [0.05, 0.1) is 14.8 Å². The molecule has 4 nitrogen and oxygen atoms in total. The second-order valence-electron chi connectivity index (χ2n) is 4.92. The Labute approximate surface area is 171 Å². The Hall–Kier alpha value is 0.350. The van der Waals surface area contributed by atoms with E-state index in [1.54, 1.807) is 6.07 Å². The van der Waals surface area contributed by atoms with Crippen molar-refractivity contribution in [1.29, 1.82) is 0 Å². The average molecular weight is 641 g/mol. The fraction of sp³-hybridized carbons (Fsp3) is 0.467. The number of carboxylic acid groups (broad SMARTS) is 1. The van der Waals surface area contributed by atoms with Crippen LogP contribution in [0, 0.1) is 10.7 Å². The first-order chi connectivity index (χ1) is 10.4. The van der Waals surface area contributed by atoms with E-state index in [0.29, 0.717) is 19.2 Å². The highest BCUT2D eigenvalue weighted by Crippen LogP contribution is 2.32. The summed E-state index contributed by atoms with van der Waals surface area (Å²) in [5, 5.41) is 12.2. The van der Waals surface area contributed by atoms with Crippen molar-refractivity contribution in [3.63, 3.8) is 0 Å². The molecule has 0 unspecified atom stereocenters. The first kappa shape index (κ1) is 20.4. The standard InChI is InChI=1S/C15H18I3NO3/c1-2-3-4-5-6-7-11(20)19-14-10(17)8-9(16)12(13(14)18)15(21)22/h8H,2-7H2,1H3,(H,19,20)(H,21,22). The average Bonchev–Trinajstić information content (AvgIpc) is 2.42. The number of carbonyl (C=O) groups is 2. The molecule has 1 amide bonds. The van der Waals surface area contributed by atoms with Crippen LogP contribution in [0.3, 0.4) is 0 Å². The van der Waals surface area contributed by atoms with Gasteiger partial charge in [0.1, 0.15) is 0 Å². The van der Waals surface area contributed by atoms with Crippen molar-refractivity contribution in [2.45, 2.75) is 45.4 Å². The molecule has 1 aromatic carbocycles. The number of carbonyl (C=O) groups excluding carboxylic acids is 1. The molecule has 7 heteroatoms. The molecule has 0 heterocycles. The number of aromatic carboxylic acids is 1. The minimum atomic E-state index is -0.972. The summed E-state index contributed by atoms with van der Waals surface area (Å²) in [6, 6.07) is 1.78. The number of unbranched alkanes of at least 4 members (excludes halogenated alkanes) is 4. The van der Waals surface area contributed by atoms with Crippen LogP contribution in [0.1, 0.15) is 55.8 Å². The van der Waals surface area contributed by atoms with Crippen molar-refractivity contribution in [3.8, 4) is 0 Å². The lowest BCUT2D eigenvalue weighted by atomic mass is 10.1. The molecule has 1 aromatic rings. The van der Waals surface area contributed by atoms with E-state index in [4.69, 9.17) is 0 Å². The molecule has 0 spiro atoms. The molecular formula is C15H18I3NO3. The number of carboxylic acids is 1. The number of hydrogen-bond acceptors (Lipinski definition) is 2. The van der Waals surface area contributed by atoms with Gasteiger partial charge in [-0.15, -0.1) is 0 Å². The maximum Gasteiger partial charge on any atom is 0.337 e. The maximum absolute atomic E-state index is 12.0. The minimum absolute atomic E-state index is 0.0510. The third-order valence-electron chi connectivity index (χ3n) is 3.16. The molecule has 1 rings (SSSR count). The molecule has 0 radical (unpaired) electrons. The number of anilines is 1. The minimum Gasteiger partial charge on any atom is -0.478 e. The topological polar surface area (TPSA) is 66.4 Å². The number of amides is 1. The van der Waals surface area contributed by atoms with Crippen LogP contribution >= 0.6 is 67.8 Å². The molecule has 0 aliphatic rings. The summed E-state index contributed by atoms with van der Waals surface area (Å²) in [7, 11) is 0. The summed E-state index contributed by atoms with van der Waals surface area (Å²) in [5.41, 5.74) is 0.859. The van der Waals surface area contributed by atoms with Crippen LogP contribution in [-0.4, -0.2) is 17.0 Å². The van der Waals surface area contributed by atoms with Crippen molar-refractivity contribution in [1.82, 2.24) is 0 Å². The summed E-state index contributed by atoms with van der Waals surface area (Å²) in [6.45, 7) is 2.16. The van der Waals surface area contributed by atoms with Gasteiger partial charge in [-0.1, -0.05) is 32.6 Å². The molecule has 0 saturated carbocycles. The maximum atomic E-state index is 12.0. The van der Waals surface area contributed by atoms with Crippen molar-refractivity contribution in [2.24, 2.45) is 0 Å². The van der Waals surface area contributed by atoms with Gasteiger partial charge in [-0.25, -0.2) is 4.79 Å². The van der Waals surface area contributed by atoms with Crippen molar-refractivity contribution >= 4 is 85.3 Å². The molecule has 0 aliphatic heterocycles. The van der Waals surface area contributed by atoms with Gasteiger partial charge in [0.2, 0.25) is 5.91 Å². The van der Waals surface area contributed by atoms with Crippen LogP contribution < -0.4 is 5.32 Å². The van der Waals surface area contributed by atoms with Gasteiger partial charge in [-0.3, -0.25) is 4.79 Å². The Morgan fingerprint density at radius 1 is 1.09 bits per heavy atom. The molecule has 0 fully saturated rings. The van der Waals surface area contributed by atoms with Gasteiger partial charge in [0, 0.05) is 13.6 Å². The van der Waals surface area contributed by atoms with E-state index in [0.717, 1.165) is 22.8 Å².